The average molecular weight is 167 g/mol. The molecule has 0 saturated carbocycles. The molecular formula is C11H21N. The molecular weight excluding hydrogens is 146 g/mol. The van der Waals surface area contributed by atoms with Crippen LogP contribution in [0.15, 0.2) is 24.0 Å². The Morgan fingerprint density at radius 2 is 2.00 bits per heavy atom. The molecule has 0 fully saturated rings. The van der Waals surface area contributed by atoms with Gasteiger partial charge in [0.1, 0.15) is 0 Å². The third kappa shape index (κ3) is 3.61. The van der Waals surface area contributed by atoms with Crippen LogP contribution >= 0.6 is 0 Å². The van der Waals surface area contributed by atoms with E-state index in [0.29, 0.717) is 5.92 Å². The van der Waals surface area contributed by atoms with Gasteiger partial charge in [0.2, 0.25) is 0 Å². The lowest BCUT2D eigenvalue weighted by Gasteiger charge is -2.17. The van der Waals surface area contributed by atoms with E-state index in [1.54, 1.807) is 0 Å². The standard InChI is InChI=1S/C11H21N/c1-7-11(9(2)3)8-12(6)10(4)5/h8-9H,4,7H2,1-3,5-6H3/b11-8+. The molecule has 0 N–H and O–H groups in total. The highest BCUT2D eigenvalue weighted by atomic mass is 15.1. The van der Waals surface area contributed by atoms with Gasteiger partial charge in [0.15, 0.2) is 0 Å². The highest BCUT2D eigenvalue weighted by molar-refractivity contribution is 5.07. The van der Waals surface area contributed by atoms with Gasteiger partial charge >= 0.3 is 0 Å². The van der Waals surface area contributed by atoms with Crippen LogP contribution in [0.3, 0.4) is 0 Å². The maximum atomic E-state index is 3.88. The van der Waals surface area contributed by atoms with Gasteiger partial charge in [-0.15, -0.1) is 0 Å². The predicted octanol–water partition coefficient (Wildman–Crippen LogP) is 3.40. The van der Waals surface area contributed by atoms with E-state index in [2.05, 4.69) is 38.5 Å². The van der Waals surface area contributed by atoms with E-state index in [1.807, 2.05) is 14.0 Å². The molecule has 0 aromatic heterocycles. The number of hydrogen-bond donors (Lipinski definition) is 0. The molecule has 70 valence electrons. The monoisotopic (exact) mass is 167 g/mol. The van der Waals surface area contributed by atoms with E-state index in [9.17, 15) is 0 Å². The third-order valence-electron chi connectivity index (χ3n) is 2.11. The van der Waals surface area contributed by atoms with Gasteiger partial charge in [-0.05, 0) is 19.3 Å². The van der Waals surface area contributed by atoms with Gasteiger partial charge in [-0.1, -0.05) is 32.9 Å². The Morgan fingerprint density at radius 1 is 1.50 bits per heavy atom. The number of rotatable bonds is 4. The highest BCUT2D eigenvalue weighted by Crippen LogP contribution is 2.14. The van der Waals surface area contributed by atoms with Crippen molar-refractivity contribution in [2.45, 2.75) is 34.1 Å². The molecule has 0 heterocycles. The summed E-state index contributed by atoms with van der Waals surface area (Å²) in [4.78, 5) is 2.08. The van der Waals surface area contributed by atoms with Crippen LogP contribution in [0.5, 0.6) is 0 Å². The van der Waals surface area contributed by atoms with E-state index in [0.717, 1.165) is 12.1 Å². The molecule has 12 heavy (non-hydrogen) atoms. The molecule has 0 unspecified atom stereocenters. The van der Waals surface area contributed by atoms with Crippen LogP contribution in [0.2, 0.25) is 0 Å². The molecule has 1 nitrogen and oxygen atoms in total. The quantitative estimate of drug-likeness (QED) is 0.620. The highest BCUT2D eigenvalue weighted by Gasteiger charge is 2.01. The summed E-state index contributed by atoms with van der Waals surface area (Å²) in [5.74, 6) is 0.636. The zero-order chi connectivity index (χ0) is 9.72. The minimum atomic E-state index is 0.636. The second kappa shape index (κ2) is 5.02. The largest absolute Gasteiger partial charge is 0.355 e. The Morgan fingerprint density at radius 3 is 2.25 bits per heavy atom. The fourth-order valence-corrected chi connectivity index (χ4v) is 1.01. The Bertz CT molecular complexity index is 177. The van der Waals surface area contributed by atoms with Crippen LogP contribution in [0, 0.1) is 5.92 Å². The second-order valence-corrected chi connectivity index (χ2v) is 3.56. The van der Waals surface area contributed by atoms with Crippen molar-refractivity contribution >= 4 is 0 Å². The van der Waals surface area contributed by atoms with Crippen LogP contribution < -0.4 is 0 Å². The molecule has 0 bridgehead atoms. The van der Waals surface area contributed by atoms with Gasteiger partial charge in [-0.25, -0.2) is 0 Å². The summed E-state index contributed by atoms with van der Waals surface area (Å²) in [7, 11) is 2.04. The number of hydrogen-bond acceptors (Lipinski definition) is 1. The van der Waals surface area contributed by atoms with Crippen LogP contribution in [0.25, 0.3) is 0 Å². The molecule has 0 aliphatic heterocycles. The van der Waals surface area contributed by atoms with Crippen molar-refractivity contribution in [3.63, 3.8) is 0 Å². The Balaban J connectivity index is 4.37. The number of nitrogens with zero attached hydrogens (tertiary/aromatic N) is 1. The molecule has 0 aromatic carbocycles. The molecule has 0 rings (SSSR count). The third-order valence-corrected chi connectivity index (χ3v) is 2.11. The van der Waals surface area contributed by atoms with Crippen LogP contribution in [0.1, 0.15) is 34.1 Å². The van der Waals surface area contributed by atoms with Gasteiger partial charge in [0.25, 0.3) is 0 Å². The molecule has 0 atom stereocenters. The van der Waals surface area contributed by atoms with Gasteiger partial charge in [0, 0.05) is 18.9 Å². The average Bonchev–Trinajstić information content (AvgIpc) is 1.98. The lowest BCUT2D eigenvalue weighted by atomic mass is 10.0. The smallest absolute Gasteiger partial charge is 0.0108 e. The second-order valence-electron chi connectivity index (χ2n) is 3.56. The summed E-state index contributed by atoms with van der Waals surface area (Å²) >= 11 is 0. The SMILES string of the molecule is C=C(C)N(C)/C=C(\CC)C(C)C. The topological polar surface area (TPSA) is 3.24 Å². The number of allylic oxidation sites excluding steroid dienone is 2. The molecule has 0 saturated heterocycles. The van der Waals surface area contributed by atoms with E-state index in [-0.39, 0.29) is 0 Å². The maximum Gasteiger partial charge on any atom is 0.0108 e. The zero-order valence-electron chi connectivity index (χ0n) is 9.02. The summed E-state index contributed by atoms with van der Waals surface area (Å²) in [6, 6.07) is 0. The van der Waals surface area contributed by atoms with E-state index >= 15 is 0 Å². The van der Waals surface area contributed by atoms with Gasteiger partial charge in [-0.2, -0.15) is 0 Å². The van der Waals surface area contributed by atoms with Crippen molar-refractivity contribution in [2.24, 2.45) is 5.92 Å². The van der Waals surface area contributed by atoms with Gasteiger partial charge < -0.3 is 4.90 Å². The Labute approximate surface area is 76.8 Å². The lowest BCUT2D eigenvalue weighted by Crippen LogP contribution is -2.09. The van der Waals surface area contributed by atoms with E-state index < -0.39 is 0 Å². The van der Waals surface area contributed by atoms with Crippen molar-refractivity contribution in [3.05, 3.63) is 24.0 Å². The van der Waals surface area contributed by atoms with Gasteiger partial charge in [-0.3, -0.25) is 0 Å². The summed E-state index contributed by atoms with van der Waals surface area (Å²) in [5.41, 5.74) is 2.56. The fraction of sp³-hybridized carbons (Fsp3) is 0.636. The van der Waals surface area contributed by atoms with E-state index in [4.69, 9.17) is 0 Å². The minimum absolute atomic E-state index is 0.636. The first-order valence-electron chi connectivity index (χ1n) is 4.58. The first kappa shape index (κ1) is 11.3. The van der Waals surface area contributed by atoms with Crippen LogP contribution in [0.4, 0.5) is 0 Å². The molecule has 0 aliphatic carbocycles. The van der Waals surface area contributed by atoms with E-state index in [1.165, 1.54) is 5.57 Å². The first-order valence-corrected chi connectivity index (χ1v) is 4.58. The summed E-state index contributed by atoms with van der Waals surface area (Å²) in [6.07, 6.45) is 3.31. The van der Waals surface area contributed by atoms with Crippen LogP contribution in [-0.4, -0.2) is 11.9 Å². The molecule has 1 heteroatoms. The van der Waals surface area contributed by atoms with Crippen molar-refractivity contribution < 1.29 is 0 Å². The first-order chi connectivity index (χ1) is 5.49. The van der Waals surface area contributed by atoms with Crippen molar-refractivity contribution in [1.29, 1.82) is 0 Å². The Kier molecular flexibility index (Phi) is 4.72. The maximum absolute atomic E-state index is 3.88. The van der Waals surface area contributed by atoms with Crippen molar-refractivity contribution in [2.75, 3.05) is 7.05 Å². The van der Waals surface area contributed by atoms with Crippen LogP contribution in [-0.2, 0) is 0 Å². The summed E-state index contributed by atoms with van der Waals surface area (Å²) in [5, 5.41) is 0. The normalized spacial score (nSPS) is 12.0. The summed E-state index contributed by atoms with van der Waals surface area (Å²) < 4.78 is 0. The molecule has 0 radical (unpaired) electrons. The van der Waals surface area contributed by atoms with Crippen molar-refractivity contribution in [3.8, 4) is 0 Å². The Hall–Kier alpha value is -0.720. The lowest BCUT2D eigenvalue weighted by molar-refractivity contribution is 0.550. The predicted molar refractivity (Wildman–Crippen MR) is 55.8 cm³/mol. The minimum Gasteiger partial charge on any atom is -0.355 e. The summed E-state index contributed by atoms with van der Waals surface area (Å²) in [6.45, 7) is 12.5. The molecule has 0 spiro atoms. The fourth-order valence-electron chi connectivity index (χ4n) is 1.01. The zero-order valence-corrected chi connectivity index (χ0v) is 9.02. The molecule has 0 amide bonds. The molecule has 0 aliphatic rings. The molecule has 0 aromatic rings. The van der Waals surface area contributed by atoms with Gasteiger partial charge in [0.05, 0.1) is 0 Å². The van der Waals surface area contributed by atoms with Crippen molar-refractivity contribution in [1.82, 2.24) is 4.90 Å².